The molecule has 3 N–H and O–H groups in total. The Morgan fingerprint density at radius 3 is 2.64 bits per heavy atom. The van der Waals surface area contributed by atoms with E-state index in [2.05, 4.69) is 0 Å². The molecule has 1 aromatic rings. The molecule has 0 aliphatic rings. The van der Waals surface area contributed by atoms with Gasteiger partial charge >= 0.3 is 0 Å². The van der Waals surface area contributed by atoms with Crippen LogP contribution < -0.4 is 5.73 Å². The summed E-state index contributed by atoms with van der Waals surface area (Å²) >= 11 is 0. The Hall–Kier alpha value is -0.860. The third-order valence-electron chi connectivity index (χ3n) is 1.81. The first-order valence-electron chi connectivity index (χ1n) is 3.67. The van der Waals surface area contributed by atoms with Gasteiger partial charge in [0, 0.05) is 6.54 Å². The van der Waals surface area contributed by atoms with Gasteiger partial charge in [0.1, 0.15) is 0 Å². The van der Waals surface area contributed by atoms with Crippen molar-refractivity contribution in [3.63, 3.8) is 0 Å². The van der Waals surface area contributed by atoms with E-state index in [1.165, 1.54) is 0 Å². The molecule has 11 heavy (non-hydrogen) atoms. The number of hydrogen-bond acceptors (Lipinski definition) is 2. The van der Waals surface area contributed by atoms with Gasteiger partial charge in [-0.1, -0.05) is 18.2 Å². The number of aryl methyl sites for hydroxylation is 1. The second-order valence-corrected chi connectivity index (χ2v) is 2.62. The molecular weight excluding hydrogens is 138 g/mol. The van der Waals surface area contributed by atoms with E-state index < -0.39 is 0 Å². The Balaban J connectivity index is 2.99. The number of aliphatic hydroxyl groups is 1. The van der Waals surface area contributed by atoms with Crippen molar-refractivity contribution in [1.29, 1.82) is 0 Å². The van der Waals surface area contributed by atoms with Crippen LogP contribution in [0.15, 0.2) is 18.2 Å². The molecule has 0 saturated carbocycles. The van der Waals surface area contributed by atoms with Crippen molar-refractivity contribution in [3.05, 3.63) is 34.9 Å². The highest BCUT2D eigenvalue weighted by Crippen LogP contribution is 2.10. The van der Waals surface area contributed by atoms with E-state index >= 15 is 0 Å². The zero-order chi connectivity index (χ0) is 8.27. The maximum absolute atomic E-state index is 8.85. The molecule has 0 amide bonds. The topological polar surface area (TPSA) is 46.2 Å². The largest absolute Gasteiger partial charge is 0.392 e. The van der Waals surface area contributed by atoms with Gasteiger partial charge in [-0.15, -0.1) is 0 Å². The lowest BCUT2D eigenvalue weighted by atomic mass is 10.1. The Labute approximate surface area is 66.7 Å². The van der Waals surface area contributed by atoms with Gasteiger partial charge < -0.3 is 10.8 Å². The van der Waals surface area contributed by atoms with E-state index in [1.54, 1.807) is 0 Å². The molecule has 0 spiro atoms. The molecule has 2 heteroatoms. The summed E-state index contributed by atoms with van der Waals surface area (Å²) in [5, 5.41) is 8.85. The summed E-state index contributed by atoms with van der Waals surface area (Å²) in [6, 6.07) is 5.86. The first-order valence-corrected chi connectivity index (χ1v) is 3.67. The highest BCUT2D eigenvalue weighted by Gasteiger charge is 1.96. The molecule has 0 atom stereocenters. The van der Waals surface area contributed by atoms with Crippen LogP contribution in [0.5, 0.6) is 0 Å². The lowest BCUT2D eigenvalue weighted by Gasteiger charge is -2.03. The zero-order valence-corrected chi connectivity index (χ0v) is 6.67. The molecule has 1 rings (SSSR count). The second-order valence-electron chi connectivity index (χ2n) is 2.62. The predicted molar refractivity (Wildman–Crippen MR) is 45.0 cm³/mol. The highest BCUT2D eigenvalue weighted by molar-refractivity contribution is 5.30. The van der Waals surface area contributed by atoms with Gasteiger partial charge in [0.05, 0.1) is 6.61 Å². The molecular formula is C9H13NO. The zero-order valence-electron chi connectivity index (χ0n) is 6.67. The van der Waals surface area contributed by atoms with Crippen LogP contribution in [-0.4, -0.2) is 5.11 Å². The van der Waals surface area contributed by atoms with E-state index in [0.717, 1.165) is 16.7 Å². The summed E-state index contributed by atoms with van der Waals surface area (Å²) in [6.45, 7) is 2.65. The van der Waals surface area contributed by atoms with Crippen LogP contribution in [0.4, 0.5) is 0 Å². The Morgan fingerprint density at radius 2 is 2.18 bits per heavy atom. The first kappa shape index (κ1) is 8.24. The molecule has 0 aromatic heterocycles. The third-order valence-corrected chi connectivity index (χ3v) is 1.81. The standard InChI is InChI=1S/C9H13NO/c1-7-4-8(5-10)2-3-9(7)6-11/h2-4,11H,5-6,10H2,1H3. The molecule has 0 unspecified atom stereocenters. The smallest absolute Gasteiger partial charge is 0.0684 e. The normalized spacial score (nSPS) is 10.1. The summed E-state index contributed by atoms with van der Waals surface area (Å²) in [5.41, 5.74) is 8.64. The third kappa shape index (κ3) is 1.79. The first-order chi connectivity index (χ1) is 5.27. The van der Waals surface area contributed by atoms with Gasteiger partial charge in [0.25, 0.3) is 0 Å². The van der Waals surface area contributed by atoms with Crippen molar-refractivity contribution < 1.29 is 5.11 Å². The van der Waals surface area contributed by atoms with E-state index in [0.29, 0.717) is 6.54 Å². The van der Waals surface area contributed by atoms with E-state index in [9.17, 15) is 0 Å². The van der Waals surface area contributed by atoms with Crippen LogP contribution in [0.1, 0.15) is 16.7 Å². The number of nitrogens with two attached hydrogens (primary N) is 1. The summed E-state index contributed by atoms with van der Waals surface area (Å²) in [5.74, 6) is 0. The molecule has 0 saturated heterocycles. The van der Waals surface area contributed by atoms with Crippen LogP contribution >= 0.6 is 0 Å². The molecule has 0 fully saturated rings. The maximum Gasteiger partial charge on any atom is 0.0684 e. The maximum atomic E-state index is 8.85. The molecule has 0 radical (unpaired) electrons. The molecule has 2 nitrogen and oxygen atoms in total. The van der Waals surface area contributed by atoms with Gasteiger partial charge in [-0.25, -0.2) is 0 Å². The highest BCUT2D eigenvalue weighted by atomic mass is 16.3. The van der Waals surface area contributed by atoms with Crippen molar-refractivity contribution in [3.8, 4) is 0 Å². The van der Waals surface area contributed by atoms with Crippen molar-refractivity contribution in [2.45, 2.75) is 20.1 Å². The van der Waals surface area contributed by atoms with E-state index in [1.807, 2.05) is 25.1 Å². The number of aliphatic hydroxyl groups excluding tert-OH is 1. The van der Waals surface area contributed by atoms with Gasteiger partial charge in [-0.05, 0) is 23.6 Å². The SMILES string of the molecule is Cc1cc(CN)ccc1CO. The molecule has 0 bridgehead atoms. The second kappa shape index (κ2) is 3.51. The molecule has 0 aliphatic carbocycles. The van der Waals surface area contributed by atoms with E-state index in [-0.39, 0.29) is 6.61 Å². The fourth-order valence-electron chi connectivity index (χ4n) is 1.06. The fraction of sp³-hybridized carbons (Fsp3) is 0.333. The summed E-state index contributed by atoms with van der Waals surface area (Å²) in [4.78, 5) is 0. The van der Waals surface area contributed by atoms with Crippen LogP contribution in [0.25, 0.3) is 0 Å². The molecule has 0 heterocycles. The average molecular weight is 151 g/mol. The minimum absolute atomic E-state index is 0.108. The van der Waals surface area contributed by atoms with Crippen LogP contribution in [-0.2, 0) is 13.2 Å². The Bertz CT molecular complexity index is 245. The minimum atomic E-state index is 0.108. The van der Waals surface area contributed by atoms with Gasteiger partial charge in [-0.3, -0.25) is 0 Å². The van der Waals surface area contributed by atoms with Crippen LogP contribution in [0.2, 0.25) is 0 Å². The Kier molecular flexibility index (Phi) is 2.63. The van der Waals surface area contributed by atoms with Crippen molar-refractivity contribution >= 4 is 0 Å². The van der Waals surface area contributed by atoms with Crippen LogP contribution in [0.3, 0.4) is 0 Å². The Morgan fingerprint density at radius 1 is 1.45 bits per heavy atom. The van der Waals surface area contributed by atoms with E-state index in [4.69, 9.17) is 10.8 Å². The van der Waals surface area contributed by atoms with Crippen molar-refractivity contribution in [1.82, 2.24) is 0 Å². The summed E-state index contributed by atoms with van der Waals surface area (Å²) in [7, 11) is 0. The minimum Gasteiger partial charge on any atom is -0.392 e. The average Bonchev–Trinajstić information content (AvgIpc) is 2.04. The number of benzene rings is 1. The number of hydrogen-bond donors (Lipinski definition) is 2. The molecule has 0 aliphatic heterocycles. The van der Waals surface area contributed by atoms with Gasteiger partial charge in [0.2, 0.25) is 0 Å². The predicted octanol–water partition coefficient (Wildman–Crippen LogP) is 0.946. The lowest BCUT2D eigenvalue weighted by Crippen LogP contribution is -1.98. The van der Waals surface area contributed by atoms with Crippen molar-refractivity contribution in [2.75, 3.05) is 0 Å². The monoisotopic (exact) mass is 151 g/mol. The molecule has 60 valence electrons. The summed E-state index contributed by atoms with van der Waals surface area (Å²) < 4.78 is 0. The van der Waals surface area contributed by atoms with Gasteiger partial charge in [-0.2, -0.15) is 0 Å². The van der Waals surface area contributed by atoms with Gasteiger partial charge in [0.15, 0.2) is 0 Å². The van der Waals surface area contributed by atoms with Crippen LogP contribution in [0, 0.1) is 6.92 Å². The molecule has 1 aromatic carbocycles. The lowest BCUT2D eigenvalue weighted by molar-refractivity contribution is 0.281. The van der Waals surface area contributed by atoms with Crippen molar-refractivity contribution in [2.24, 2.45) is 5.73 Å². The summed E-state index contributed by atoms with van der Waals surface area (Å²) in [6.07, 6.45) is 0. The fourth-order valence-corrected chi connectivity index (χ4v) is 1.06. The quantitative estimate of drug-likeness (QED) is 0.661. The number of rotatable bonds is 2.